The normalized spacial score (nSPS) is 17.4. The standard InChI is InChI=1S/C21H26N2O4S/c1-22-15-8-11-17(22)14-16-27-21(24)19-12-6-7-13-20(19)28(25,26)23(2)18-9-4-3-5-10-18/h3-7,9-10,12-13,17H,8,11,14-16H2,1-2H3. The van der Waals surface area contributed by atoms with Gasteiger partial charge in [0.25, 0.3) is 10.0 Å². The molecule has 0 bridgehead atoms. The highest BCUT2D eigenvalue weighted by Gasteiger charge is 2.28. The summed E-state index contributed by atoms with van der Waals surface area (Å²) in [5.74, 6) is -0.610. The fourth-order valence-corrected chi connectivity index (χ4v) is 4.87. The zero-order valence-electron chi connectivity index (χ0n) is 16.2. The molecule has 2 aromatic carbocycles. The summed E-state index contributed by atoms with van der Waals surface area (Å²) in [5.41, 5.74) is 0.583. The van der Waals surface area contributed by atoms with Crippen molar-refractivity contribution in [2.75, 3.05) is 31.6 Å². The largest absolute Gasteiger partial charge is 0.462 e. The molecule has 1 unspecified atom stereocenters. The summed E-state index contributed by atoms with van der Waals surface area (Å²) >= 11 is 0. The lowest BCUT2D eigenvalue weighted by molar-refractivity contribution is 0.0471. The van der Waals surface area contributed by atoms with Crippen LogP contribution >= 0.6 is 0 Å². The number of para-hydroxylation sites is 1. The number of likely N-dealkylation sites (tertiary alicyclic amines) is 1. The Kier molecular flexibility index (Phi) is 6.36. The summed E-state index contributed by atoms with van der Waals surface area (Å²) in [6, 6.07) is 15.4. The van der Waals surface area contributed by atoms with Crippen molar-refractivity contribution in [1.29, 1.82) is 0 Å². The number of hydrogen-bond donors (Lipinski definition) is 0. The molecular formula is C21H26N2O4S. The molecule has 0 saturated carbocycles. The van der Waals surface area contributed by atoms with Crippen molar-refractivity contribution < 1.29 is 17.9 Å². The van der Waals surface area contributed by atoms with Crippen molar-refractivity contribution in [3.63, 3.8) is 0 Å². The molecule has 2 aromatic rings. The third-order valence-corrected chi connectivity index (χ3v) is 7.06. The summed E-state index contributed by atoms with van der Waals surface area (Å²) in [4.78, 5) is 14.8. The van der Waals surface area contributed by atoms with Crippen LogP contribution in [0.25, 0.3) is 0 Å². The summed E-state index contributed by atoms with van der Waals surface area (Å²) in [6.07, 6.45) is 3.00. The SMILES string of the molecule is CN1CCCC1CCOC(=O)c1ccccc1S(=O)(=O)N(C)c1ccccc1. The van der Waals surface area contributed by atoms with Crippen LogP contribution in [0.2, 0.25) is 0 Å². The third-order valence-electron chi connectivity index (χ3n) is 5.22. The molecule has 0 N–H and O–H groups in total. The molecule has 0 aromatic heterocycles. The number of anilines is 1. The molecule has 0 radical (unpaired) electrons. The van der Waals surface area contributed by atoms with E-state index in [0.29, 0.717) is 11.7 Å². The lowest BCUT2D eigenvalue weighted by Gasteiger charge is -2.21. The summed E-state index contributed by atoms with van der Waals surface area (Å²) in [7, 11) is -0.348. The Labute approximate surface area is 166 Å². The summed E-state index contributed by atoms with van der Waals surface area (Å²) < 4.78 is 32.8. The van der Waals surface area contributed by atoms with Crippen LogP contribution in [0.5, 0.6) is 0 Å². The minimum absolute atomic E-state index is 0.0515. The van der Waals surface area contributed by atoms with Gasteiger partial charge in [-0.2, -0.15) is 0 Å². The number of esters is 1. The van der Waals surface area contributed by atoms with Gasteiger partial charge >= 0.3 is 5.97 Å². The van der Waals surface area contributed by atoms with Gasteiger partial charge in [0.2, 0.25) is 0 Å². The fraction of sp³-hybridized carbons (Fsp3) is 0.381. The first-order valence-electron chi connectivity index (χ1n) is 9.41. The number of hydrogen-bond acceptors (Lipinski definition) is 5. The predicted molar refractivity (Wildman–Crippen MR) is 109 cm³/mol. The third kappa shape index (κ3) is 4.36. The van der Waals surface area contributed by atoms with E-state index in [4.69, 9.17) is 4.74 Å². The van der Waals surface area contributed by atoms with Crippen LogP contribution < -0.4 is 4.31 Å². The van der Waals surface area contributed by atoms with E-state index in [2.05, 4.69) is 11.9 Å². The summed E-state index contributed by atoms with van der Waals surface area (Å²) in [6.45, 7) is 1.34. The Morgan fingerprint density at radius 3 is 2.50 bits per heavy atom. The van der Waals surface area contributed by atoms with Crippen molar-refractivity contribution in [3.8, 4) is 0 Å². The van der Waals surface area contributed by atoms with Gasteiger partial charge in [-0.15, -0.1) is 0 Å². The molecule has 28 heavy (non-hydrogen) atoms. The van der Waals surface area contributed by atoms with Crippen molar-refractivity contribution in [2.24, 2.45) is 0 Å². The van der Waals surface area contributed by atoms with Crippen LogP contribution in [0.3, 0.4) is 0 Å². The van der Waals surface area contributed by atoms with Crippen LogP contribution in [0.1, 0.15) is 29.6 Å². The maximum Gasteiger partial charge on any atom is 0.339 e. The number of rotatable bonds is 7. The molecule has 1 atom stereocenters. The Balaban J connectivity index is 1.75. The number of sulfonamides is 1. The molecule has 3 rings (SSSR count). The van der Waals surface area contributed by atoms with Crippen LogP contribution in [0.15, 0.2) is 59.5 Å². The molecule has 0 aliphatic carbocycles. The van der Waals surface area contributed by atoms with Crippen LogP contribution in [0.4, 0.5) is 5.69 Å². The van der Waals surface area contributed by atoms with Crippen LogP contribution in [0, 0.1) is 0 Å². The monoisotopic (exact) mass is 402 g/mol. The van der Waals surface area contributed by atoms with E-state index < -0.39 is 16.0 Å². The molecule has 150 valence electrons. The topological polar surface area (TPSA) is 66.9 Å². The van der Waals surface area contributed by atoms with Gasteiger partial charge in [-0.25, -0.2) is 13.2 Å². The molecule has 0 amide bonds. The minimum atomic E-state index is -3.89. The second-order valence-electron chi connectivity index (χ2n) is 7.01. The Bertz CT molecular complexity index is 915. The highest BCUT2D eigenvalue weighted by Crippen LogP contribution is 2.25. The quantitative estimate of drug-likeness (QED) is 0.666. The lowest BCUT2D eigenvalue weighted by Crippen LogP contribution is -2.29. The van der Waals surface area contributed by atoms with Gasteiger partial charge in [-0.05, 0) is 57.1 Å². The zero-order valence-corrected chi connectivity index (χ0v) is 17.1. The van der Waals surface area contributed by atoms with E-state index in [1.54, 1.807) is 36.4 Å². The van der Waals surface area contributed by atoms with Crippen molar-refractivity contribution in [3.05, 3.63) is 60.2 Å². The van der Waals surface area contributed by atoms with E-state index in [1.165, 1.54) is 23.5 Å². The van der Waals surface area contributed by atoms with Gasteiger partial charge in [0.15, 0.2) is 0 Å². The Hall–Kier alpha value is -2.38. The van der Waals surface area contributed by atoms with Gasteiger partial charge < -0.3 is 9.64 Å². The molecule has 1 heterocycles. The molecule has 6 nitrogen and oxygen atoms in total. The van der Waals surface area contributed by atoms with Crippen LogP contribution in [-0.2, 0) is 14.8 Å². The predicted octanol–water partition coefficient (Wildman–Crippen LogP) is 3.15. The van der Waals surface area contributed by atoms with E-state index in [9.17, 15) is 13.2 Å². The number of ether oxygens (including phenoxy) is 1. The molecule has 0 spiro atoms. The first-order valence-corrected chi connectivity index (χ1v) is 10.9. The van der Waals surface area contributed by atoms with E-state index >= 15 is 0 Å². The summed E-state index contributed by atoms with van der Waals surface area (Å²) in [5, 5.41) is 0. The first kappa shape index (κ1) is 20.4. The van der Waals surface area contributed by atoms with Crippen molar-refractivity contribution >= 4 is 21.7 Å². The molecule has 7 heteroatoms. The van der Waals surface area contributed by atoms with Gasteiger partial charge in [-0.1, -0.05) is 30.3 Å². The average molecular weight is 403 g/mol. The molecule has 1 aliphatic heterocycles. The number of carbonyl (C=O) groups is 1. The minimum Gasteiger partial charge on any atom is -0.462 e. The second kappa shape index (κ2) is 8.75. The van der Waals surface area contributed by atoms with E-state index in [1.807, 2.05) is 6.07 Å². The fourth-order valence-electron chi connectivity index (χ4n) is 3.49. The van der Waals surface area contributed by atoms with Gasteiger partial charge in [0, 0.05) is 13.1 Å². The average Bonchev–Trinajstić information content (AvgIpc) is 3.12. The van der Waals surface area contributed by atoms with Crippen LogP contribution in [-0.4, -0.2) is 52.6 Å². The zero-order chi connectivity index (χ0) is 20.1. The molecule has 1 aliphatic rings. The highest BCUT2D eigenvalue weighted by atomic mass is 32.2. The number of nitrogens with zero attached hydrogens (tertiary/aromatic N) is 2. The Morgan fingerprint density at radius 2 is 1.82 bits per heavy atom. The lowest BCUT2D eigenvalue weighted by atomic mass is 10.1. The first-order chi connectivity index (χ1) is 13.4. The maximum atomic E-state index is 13.1. The van der Waals surface area contributed by atoms with Gasteiger partial charge in [0.05, 0.1) is 17.9 Å². The van der Waals surface area contributed by atoms with E-state index in [0.717, 1.165) is 25.8 Å². The smallest absolute Gasteiger partial charge is 0.339 e. The van der Waals surface area contributed by atoms with E-state index in [-0.39, 0.29) is 17.1 Å². The van der Waals surface area contributed by atoms with Gasteiger partial charge in [-0.3, -0.25) is 4.31 Å². The van der Waals surface area contributed by atoms with Crippen molar-refractivity contribution in [1.82, 2.24) is 4.90 Å². The van der Waals surface area contributed by atoms with Gasteiger partial charge in [0.1, 0.15) is 4.90 Å². The number of carbonyl (C=O) groups excluding carboxylic acids is 1. The maximum absolute atomic E-state index is 13.1. The number of benzene rings is 2. The Morgan fingerprint density at radius 1 is 1.14 bits per heavy atom. The highest BCUT2D eigenvalue weighted by molar-refractivity contribution is 7.92. The molecular weight excluding hydrogens is 376 g/mol. The molecule has 1 fully saturated rings. The van der Waals surface area contributed by atoms with Crippen molar-refractivity contribution in [2.45, 2.75) is 30.2 Å². The second-order valence-corrected chi connectivity index (χ2v) is 8.94. The molecule has 1 saturated heterocycles.